The third kappa shape index (κ3) is 5.48. The lowest BCUT2D eigenvalue weighted by atomic mass is 10.0. The summed E-state index contributed by atoms with van der Waals surface area (Å²) < 4.78 is 76.6. The Labute approximate surface area is 223 Å². The van der Waals surface area contributed by atoms with Crippen molar-refractivity contribution in [1.82, 2.24) is 8.61 Å². The molecule has 0 radical (unpaired) electrons. The number of halogens is 1. The molecular formula is C27H31FN2O6S2. The molecule has 204 valence electrons. The number of likely N-dealkylation sites (N-methyl/N-ethyl adjacent to an activating group) is 1. The zero-order valence-corrected chi connectivity index (χ0v) is 23.0. The van der Waals surface area contributed by atoms with Crippen LogP contribution in [0.2, 0.25) is 0 Å². The summed E-state index contributed by atoms with van der Waals surface area (Å²) in [5.74, 6) is -1.27. The first-order chi connectivity index (χ1) is 18.0. The zero-order chi connectivity index (χ0) is 27.7. The van der Waals surface area contributed by atoms with Crippen LogP contribution >= 0.6 is 0 Å². The van der Waals surface area contributed by atoms with E-state index in [2.05, 4.69) is 0 Å². The molecule has 4 rings (SSSR count). The van der Waals surface area contributed by atoms with E-state index in [1.54, 1.807) is 26.0 Å². The number of nitrogens with zero attached hydrogens (tertiary/aromatic N) is 2. The Morgan fingerprint density at radius 3 is 2.39 bits per heavy atom. The maximum atomic E-state index is 14.4. The summed E-state index contributed by atoms with van der Waals surface area (Å²) in [7, 11) is -6.90. The quantitative estimate of drug-likeness (QED) is 0.472. The normalized spacial score (nSPS) is 20.7. The summed E-state index contributed by atoms with van der Waals surface area (Å²) in [6.45, 7) is 2.80. The summed E-state index contributed by atoms with van der Waals surface area (Å²) in [4.78, 5) is -0.528. The molecule has 1 aliphatic heterocycles. The van der Waals surface area contributed by atoms with Gasteiger partial charge in [-0.3, -0.25) is 0 Å². The fourth-order valence-corrected chi connectivity index (χ4v) is 7.50. The number of hydrogen-bond acceptors (Lipinski definition) is 6. The van der Waals surface area contributed by atoms with Crippen LogP contribution in [0, 0.1) is 11.7 Å². The van der Waals surface area contributed by atoms with E-state index < -0.39 is 55.4 Å². The summed E-state index contributed by atoms with van der Waals surface area (Å²) in [6.07, 6.45) is -0.782. The Morgan fingerprint density at radius 2 is 1.74 bits per heavy atom. The Kier molecular flexibility index (Phi) is 8.24. The van der Waals surface area contributed by atoms with Crippen LogP contribution in [0.1, 0.15) is 13.8 Å². The molecular weight excluding hydrogens is 531 g/mol. The minimum atomic E-state index is -4.19. The summed E-state index contributed by atoms with van der Waals surface area (Å²) in [5, 5.41) is 9.82. The first-order valence-electron chi connectivity index (χ1n) is 12.2. The van der Waals surface area contributed by atoms with Gasteiger partial charge in [-0.05, 0) is 42.3 Å². The molecule has 3 atom stereocenters. The number of ether oxygens (including phenoxy) is 1. The van der Waals surface area contributed by atoms with E-state index in [9.17, 15) is 26.3 Å². The van der Waals surface area contributed by atoms with Crippen molar-refractivity contribution in [2.24, 2.45) is 5.92 Å². The lowest BCUT2D eigenvalue weighted by Crippen LogP contribution is -2.50. The molecule has 0 saturated heterocycles. The van der Waals surface area contributed by atoms with Gasteiger partial charge in [0.15, 0.2) is 0 Å². The Hall–Kier alpha value is -2.83. The number of hydrogen-bond donors (Lipinski definition) is 1. The molecule has 38 heavy (non-hydrogen) atoms. The van der Waals surface area contributed by atoms with Gasteiger partial charge in [0.2, 0.25) is 20.0 Å². The maximum Gasteiger partial charge on any atom is 0.247 e. The minimum Gasteiger partial charge on any atom is -0.487 e. The predicted octanol–water partition coefficient (Wildman–Crippen LogP) is 3.58. The molecule has 11 heteroatoms. The molecule has 1 aliphatic rings. The highest BCUT2D eigenvalue weighted by molar-refractivity contribution is 7.89. The molecule has 0 unspecified atom stereocenters. The van der Waals surface area contributed by atoms with Crippen molar-refractivity contribution in [3.63, 3.8) is 0 Å². The third-order valence-corrected chi connectivity index (χ3v) is 10.6. The molecule has 1 heterocycles. The van der Waals surface area contributed by atoms with E-state index in [1.165, 1.54) is 35.6 Å². The average Bonchev–Trinajstić information content (AvgIpc) is 2.90. The number of benzene rings is 3. The molecule has 0 aromatic heterocycles. The molecule has 0 spiro atoms. The zero-order valence-electron chi connectivity index (χ0n) is 21.4. The lowest BCUT2D eigenvalue weighted by Gasteiger charge is -2.37. The van der Waals surface area contributed by atoms with Crippen molar-refractivity contribution in [3.05, 3.63) is 78.6 Å². The highest BCUT2D eigenvalue weighted by Crippen LogP contribution is 2.36. The standard InChI is InChI=1S/C27H31FN2O6S2/c1-19-16-30(20(2)18-31)38(34,35)27-14-13-22(21-9-5-4-6-10-21)15-24(27)36-25(19)17-29(3)37(32,33)26-12-8-7-11-23(26)28/h4-15,19-20,25,31H,16-18H2,1-3H3/t19-,20-,25-/m0/s1. The van der Waals surface area contributed by atoms with Gasteiger partial charge < -0.3 is 9.84 Å². The first-order valence-corrected chi connectivity index (χ1v) is 15.0. The van der Waals surface area contributed by atoms with Gasteiger partial charge >= 0.3 is 0 Å². The highest BCUT2D eigenvalue weighted by atomic mass is 32.2. The monoisotopic (exact) mass is 562 g/mol. The maximum absolute atomic E-state index is 14.4. The number of rotatable bonds is 7. The molecule has 3 aromatic rings. The van der Waals surface area contributed by atoms with Crippen molar-refractivity contribution in [3.8, 4) is 16.9 Å². The van der Waals surface area contributed by atoms with Crippen LogP contribution < -0.4 is 4.74 Å². The second kappa shape index (κ2) is 11.1. The highest BCUT2D eigenvalue weighted by Gasteiger charge is 2.39. The molecule has 0 saturated carbocycles. The van der Waals surface area contributed by atoms with Crippen LogP contribution in [-0.2, 0) is 20.0 Å². The fourth-order valence-electron chi connectivity index (χ4n) is 4.43. The molecule has 0 amide bonds. The first kappa shape index (κ1) is 28.2. The van der Waals surface area contributed by atoms with E-state index in [0.29, 0.717) is 0 Å². The SMILES string of the molecule is C[C@H]1CN([C@@H](C)CO)S(=O)(=O)c2ccc(-c3ccccc3)cc2O[C@H]1CN(C)S(=O)(=O)c1ccccc1F. The smallest absolute Gasteiger partial charge is 0.247 e. The van der Waals surface area contributed by atoms with Crippen molar-refractivity contribution in [2.75, 3.05) is 26.7 Å². The van der Waals surface area contributed by atoms with Gasteiger partial charge in [-0.15, -0.1) is 0 Å². The topological polar surface area (TPSA) is 104 Å². The summed E-state index contributed by atoms with van der Waals surface area (Å²) in [5.41, 5.74) is 1.57. The average molecular weight is 563 g/mol. The molecule has 0 fully saturated rings. The van der Waals surface area contributed by atoms with Gasteiger partial charge in [0.25, 0.3) is 0 Å². The van der Waals surface area contributed by atoms with Crippen molar-refractivity contribution < 1.29 is 31.1 Å². The van der Waals surface area contributed by atoms with E-state index in [1.807, 2.05) is 30.3 Å². The molecule has 3 aromatic carbocycles. The van der Waals surface area contributed by atoms with Gasteiger partial charge in [0.05, 0.1) is 13.2 Å². The molecule has 0 bridgehead atoms. The second-order valence-corrected chi connectivity index (χ2v) is 13.4. The number of aliphatic hydroxyl groups is 1. The number of sulfonamides is 2. The Morgan fingerprint density at radius 1 is 1.08 bits per heavy atom. The van der Waals surface area contributed by atoms with Gasteiger partial charge in [-0.25, -0.2) is 21.2 Å². The van der Waals surface area contributed by atoms with E-state index in [0.717, 1.165) is 21.5 Å². The van der Waals surface area contributed by atoms with Crippen LogP contribution in [-0.4, -0.2) is 69.4 Å². The largest absolute Gasteiger partial charge is 0.487 e. The third-order valence-electron chi connectivity index (χ3n) is 6.74. The van der Waals surface area contributed by atoms with E-state index in [4.69, 9.17) is 4.74 Å². The Bertz CT molecular complexity index is 1500. The molecule has 0 aliphatic carbocycles. The summed E-state index contributed by atoms with van der Waals surface area (Å²) in [6, 6.07) is 18.6. The Balaban J connectivity index is 1.78. The predicted molar refractivity (Wildman–Crippen MR) is 142 cm³/mol. The van der Waals surface area contributed by atoms with E-state index >= 15 is 0 Å². The number of fused-ring (bicyclic) bond motifs is 1. The van der Waals surface area contributed by atoms with Crippen molar-refractivity contribution >= 4 is 20.0 Å². The van der Waals surface area contributed by atoms with Gasteiger partial charge in [0.1, 0.15) is 27.5 Å². The van der Waals surface area contributed by atoms with Crippen LogP contribution in [0.4, 0.5) is 4.39 Å². The van der Waals surface area contributed by atoms with Crippen LogP contribution in [0.3, 0.4) is 0 Å². The lowest BCUT2D eigenvalue weighted by molar-refractivity contribution is 0.0904. The van der Waals surface area contributed by atoms with E-state index in [-0.39, 0.29) is 23.7 Å². The van der Waals surface area contributed by atoms with Crippen LogP contribution in [0.15, 0.2) is 82.6 Å². The second-order valence-electron chi connectivity index (χ2n) is 9.48. The fraction of sp³-hybridized carbons (Fsp3) is 0.333. The molecule has 8 nitrogen and oxygen atoms in total. The van der Waals surface area contributed by atoms with Gasteiger partial charge in [-0.1, -0.05) is 55.5 Å². The molecule has 1 N–H and O–H groups in total. The van der Waals surface area contributed by atoms with Gasteiger partial charge in [-0.2, -0.15) is 8.61 Å². The van der Waals surface area contributed by atoms with Crippen LogP contribution in [0.5, 0.6) is 5.75 Å². The summed E-state index contributed by atoms with van der Waals surface area (Å²) >= 11 is 0. The van der Waals surface area contributed by atoms with Crippen molar-refractivity contribution in [2.45, 2.75) is 35.8 Å². The minimum absolute atomic E-state index is 0.0117. The number of aliphatic hydroxyl groups excluding tert-OH is 1. The van der Waals surface area contributed by atoms with Crippen LogP contribution in [0.25, 0.3) is 11.1 Å². The van der Waals surface area contributed by atoms with Crippen molar-refractivity contribution in [1.29, 1.82) is 0 Å². The van der Waals surface area contributed by atoms with Gasteiger partial charge in [0, 0.05) is 25.6 Å².